The molecular formula is C41H60N6O7. The number of nitrogens with zero attached hydrogens (tertiary/aromatic N) is 2. The molecule has 1 heterocycles. The molecule has 4 N–H and O–H groups in total. The van der Waals surface area contributed by atoms with E-state index in [1.54, 1.807) is 16.8 Å². The van der Waals surface area contributed by atoms with Gasteiger partial charge in [0.05, 0.1) is 17.8 Å². The van der Waals surface area contributed by atoms with Crippen molar-refractivity contribution in [2.45, 2.75) is 129 Å². The molecule has 13 heteroatoms. The fourth-order valence-electron chi connectivity index (χ4n) is 8.06. The number of anilines is 1. The Balaban J connectivity index is 1.56. The predicted octanol–water partition coefficient (Wildman–Crippen LogP) is 2.90. The maximum Gasteiger partial charge on any atom is 0.315 e. The standard InChI is InChI=1S/C41H60N6O7/c1-9-11-17-28(34(48)38(52)42-21-10-2)43-37(51)32-27(24(3)4)20-22-47(32)39(53)31(26-15-13-12-14-16-26)45-40(54)44-29(41(5,6)7)23-46(8)33-30(25-18-19-25)35(49)36(33)50/h1,10,24-29,31-32H,2,11-23H2,3-8H3,(H,42,52)(H,43,51)(H2,44,45,54)/t27-,28?,29-,31+,32+/m1/s1. The van der Waals surface area contributed by atoms with Crippen LogP contribution in [-0.2, 0) is 19.2 Å². The summed E-state index contributed by atoms with van der Waals surface area (Å²) in [6.45, 7) is 14.1. The first-order valence-electron chi connectivity index (χ1n) is 19.6. The molecule has 54 heavy (non-hydrogen) atoms. The molecule has 1 aliphatic heterocycles. The Bertz CT molecular complexity index is 1670. The van der Waals surface area contributed by atoms with Crippen LogP contribution in [0.2, 0.25) is 0 Å². The third-order valence-electron chi connectivity index (χ3n) is 11.5. The number of urea groups is 1. The van der Waals surface area contributed by atoms with E-state index < -0.39 is 64.1 Å². The molecule has 0 bridgehead atoms. The topological polar surface area (TPSA) is 174 Å². The van der Waals surface area contributed by atoms with Gasteiger partial charge in [0.25, 0.3) is 5.91 Å². The number of Topliss-reactive ketones (excluding diaryl/α,β-unsaturated/α-hetero) is 1. The Labute approximate surface area is 319 Å². The van der Waals surface area contributed by atoms with Gasteiger partial charge in [-0.15, -0.1) is 18.9 Å². The van der Waals surface area contributed by atoms with Gasteiger partial charge in [0.15, 0.2) is 0 Å². The highest BCUT2D eigenvalue weighted by Crippen LogP contribution is 2.42. The van der Waals surface area contributed by atoms with Gasteiger partial charge in [0, 0.05) is 38.7 Å². The molecule has 1 unspecified atom stereocenters. The van der Waals surface area contributed by atoms with Gasteiger partial charge in [0.1, 0.15) is 12.1 Å². The minimum atomic E-state index is -1.18. The van der Waals surface area contributed by atoms with Crippen molar-refractivity contribution >= 4 is 35.2 Å². The summed E-state index contributed by atoms with van der Waals surface area (Å²) in [6.07, 6.45) is 13.7. The second-order valence-corrected chi connectivity index (χ2v) is 16.8. The molecule has 2 saturated carbocycles. The molecule has 2 aliphatic carbocycles. The lowest BCUT2D eigenvalue weighted by Gasteiger charge is -2.38. The Kier molecular flexibility index (Phi) is 14.3. The van der Waals surface area contributed by atoms with Crippen molar-refractivity contribution in [2.75, 3.05) is 31.6 Å². The van der Waals surface area contributed by atoms with E-state index in [2.05, 4.69) is 33.8 Å². The molecule has 0 radical (unpaired) electrons. The average molecular weight is 749 g/mol. The van der Waals surface area contributed by atoms with Crippen LogP contribution in [0.3, 0.4) is 0 Å². The summed E-state index contributed by atoms with van der Waals surface area (Å²) in [5.74, 6) is -0.387. The molecule has 13 nitrogen and oxygen atoms in total. The van der Waals surface area contributed by atoms with Crippen LogP contribution >= 0.6 is 0 Å². The maximum atomic E-state index is 14.7. The summed E-state index contributed by atoms with van der Waals surface area (Å²) in [7, 11) is 1.76. The van der Waals surface area contributed by atoms with Crippen LogP contribution in [0.4, 0.5) is 10.5 Å². The van der Waals surface area contributed by atoms with Crippen LogP contribution in [0.5, 0.6) is 0 Å². The first-order chi connectivity index (χ1) is 25.5. The third kappa shape index (κ3) is 9.98. The number of likely N-dealkylation sites (tertiary alicyclic amines) is 1. The number of carbonyl (C=O) groups excluding carboxylic acids is 5. The summed E-state index contributed by atoms with van der Waals surface area (Å²) in [5, 5.41) is 11.3. The van der Waals surface area contributed by atoms with E-state index in [0.29, 0.717) is 17.7 Å². The molecule has 1 aromatic carbocycles. The van der Waals surface area contributed by atoms with Crippen molar-refractivity contribution < 1.29 is 24.0 Å². The Morgan fingerprint density at radius 3 is 2.22 bits per heavy atom. The van der Waals surface area contributed by atoms with Gasteiger partial charge < -0.3 is 31.1 Å². The van der Waals surface area contributed by atoms with Crippen LogP contribution in [0, 0.1) is 35.5 Å². The van der Waals surface area contributed by atoms with E-state index in [0.717, 1.165) is 44.9 Å². The highest BCUT2D eigenvalue weighted by atomic mass is 16.2. The second-order valence-electron chi connectivity index (χ2n) is 16.8. The molecular weight excluding hydrogens is 688 g/mol. The fourth-order valence-corrected chi connectivity index (χ4v) is 8.06. The number of amides is 5. The molecule has 296 valence electrons. The predicted molar refractivity (Wildman–Crippen MR) is 209 cm³/mol. The summed E-state index contributed by atoms with van der Waals surface area (Å²) in [6, 6.07) is -4.02. The molecule has 3 aliphatic rings. The van der Waals surface area contributed by atoms with Crippen molar-refractivity contribution in [3.8, 4) is 12.3 Å². The van der Waals surface area contributed by atoms with E-state index in [9.17, 15) is 33.6 Å². The van der Waals surface area contributed by atoms with Gasteiger partial charge >= 0.3 is 6.03 Å². The van der Waals surface area contributed by atoms with E-state index >= 15 is 0 Å². The van der Waals surface area contributed by atoms with Gasteiger partial charge in [-0.2, -0.15) is 0 Å². The first-order valence-corrected chi connectivity index (χ1v) is 19.6. The quantitative estimate of drug-likeness (QED) is 0.107. The monoisotopic (exact) mass is 748 g/mol. The molecule has 0 spiro atoms. The van der Waals surface area contributed by atoms with Crippen LogP contribution in [0.1, 0.15) is 110 Å². The zero-order valence-electron chi connectivity index (χ0n) is 32.9. The van der Waals surface area contributed by atoms with Crippen molar-refractivity contribution in [2.24, 2.45) is 23.2 Å². The van der Waals surface area contributed by atoms with Crippen LogP contribution in [0.15, 0.2) is 22.2 Å². The first kappa shape index (κ1) is 42.3. The lowest BCUT2D eigenvalue weighted by Crippen LogP contribution is -2.61. The summed E-state index contributed by atoms with van der Waals surface area (Å²) in [5.41, 5.74) is -0.345. The van der Waals surface area contributed by atoms with Gasteiger partial charge in [0.2, 0.25) is 28.5 Å². The Morgan fingerprint density at radius 1 is 0.981 bits per heavy atom. The van der Waals surface area contributed by atoms with Crippen LogP contribution in [-0.4, -0.2) is 85.3 Å². The van der Waals surface area contributed by atoms with Gasteiger partial charge in [-0.3, -0.25) is 28.8 Å². The Morgan fingerprint density at radius 2 is 1.65 bits per heavy atom. The van der Waals surface area contributed by atoms with E-state index in [-0.39, 0.29) is 62.1 Å². The summed E-state index contributed by atoms with van der Waals surface area (Å²) in [4.78, 5) is 96.8. The number of terminal acetylenes is 1. The highest BCUT2D eigenvalue weighted by Gasteiger charge is 2.47. The lowest BCUT2D eigenvalue weighted by molar-refractivity contribution is -0.144. The number of hydrogen-bond acceptors (Lipinski definition) is 8. The normalized spacial score (nSPS) is 20.7. The Hall–Kier alpha value is -4.47. The van der Waals surface area contributed by atoms with E-state index in [1.807, 2.05) is 34.6 Å². The van der Waals surface area contributed by atoms with Crippen LogP contribution < -0.4 is 37.0 Å². The van der Waals surface area contributed by atoms with Crippen molar-refractivity contribution in [3.05, 3.63) is 38.7 Å². The molecule has 4 rings (SSSR count). The van der Waals surface area contributed by atoms with Crippen molar-refractivity contribution in [3.63, 3.8) is 0 Å². The van der Waals surface area contributed by atoms with Crippen molar-refractivity contribution in [1.82, 2.24) is 26.2 Å². The third-order valence-corrected chi connectivity index (χ3v) is 11.5. The molecule has 5 amide bonds. The zero-order chi connectivity index (χ0) is 39.9. The minimum Gasteiger partial charge on any atom is -0.369 e. The molecule has 1 saturated heterocycles. The number of hydrogen-bond donors (Lipinski definition) is 4. The number of rotatable bonds is 17. The SMILES string of the molecule is C#CCCC(NC(=O)[C@@H]1[C@@H](C(C)C)CCN1C(=O)[C@@H](NC(=O)N[C@H](CN(C)c1c(C2CC2)c(=O)c1=O)C(C)(C)C)C1CCCCC1)C(=O)C(=O)NCC=C. The highest BCUT2D eigenvalue weighted by molar-refractivity contribution is 6.38. The smallest absolute Gasteiger partial charge is 0.315 e. The van der Waals surface area contributed by atoms with Gasteiger partial charge in [-0.05, 0) is 67.6 Å². The number of ketones is 1. The fraction of sp³-hybridized carbons (Fsp3) is 0.683. The van der Waals surface area contributed by atoms with Gasteiger partial charge in [-0.1, -0.05) is 60.0 Å². The van der Waals surface area contributed by atoms with Crippen LogP contribution in [0.25, 0.3) is 0 Å². The van der Waals surface area contributed by atoms with E-state index in [4.69, 9.17) is 6.42 Å². The minimum absolute atomic E-state index is 0.0107. The van der Waals surface area contributed by atoms with E-state index in [1.165, 1.54) is 6.08 Å². The second kappa shape index (κ2) is 18.2. The maximum absolute atomic E-state index is 14.7. The zero-order valence-corrected chi connectivity index (χ0v) is 32.9. The molecule has 3 fully saturated rings. The molecule has 1 aromatic rings. The number of nitrogens with one attached hydrogen (secondary N) is 4. The molecule has 5 atom stereocenters. The molecule has 0 aromatic heterocycles. The average Bonchev–Trinajstić information content (AvgIpc) is 3.86. The number of likely N-dealkylation sites (N-methyl/N-ethyl adjacent to an activating group) is 1. The summed E-state index contributed by atoms with van der Waals surface area (Å²) < 4.78 is 0. The lowest BCUT2D eigenvalue weighted by atomic mass is 9.82. The van der Waals surface area contributed by atoms with Gasteiger partial charge in [-0.25, -0.2) is 4.79 Å². The number of carbonyl (C=O) groups is 5. The largest absolute Gasteiger partial charge is 0.369 e. The van der Waals surface area contributed by atoms with Crippen molar-refractivity contribution in [1.29, 1.82) is 0 Å². The summed E-state index contributed by atoms with van der Waals surface area (Å²) >= 11 is 0.